The number of nitrogens with one attached hydrogen (secondary N) is 1. The maximum Gasteiger partial charge on any atom is 0.241 e. The van der Waals surface area contributed by atoms with E-state index in [1.54, 1.807) is 12.1 Å². The van der Waals surface area contributed by atoms with Crippen molar-refractivity contribution in [2.24, 2.45) is 5.92 Å². The molecule has 1 saturated heterocycles. The molecule has 0 saturated carbocycles. The van der Waals surface area contributed by atoms with Gasteiger partial charge < -0.3 is 9.84 Å². The van der Waals surface area contributed by atoms with Gasteiger partial charge in [0.05, 0.1) is 18.5 Å². The summed E-state index contributed by atoms with van der Waals surface area (Å²) in [5, 5.41) is 8.08. The second-order valence-electron chi connectivity index (χ2n) is 8.86. The summed E-state index contributed by atoms with van der Waals surface area (Å²) in [5.41, 5.74) is 2.99. The van der Waals surface area contributed by atoms with Crippen LogP contribution in [0.1, 0.15) is 35.9 Å². The van der Waals surface area contributed by atoms with E-state index in [1.165, 1.54) is 0 Å². The lowest BCUT2D eigenvalue weighted by molar-refractivity contribution is -0.127. The van der Waals surface area contributed by atoms with Gasteiger partial charge in [-0.1, -0.05) is 77.4 Å². The zero-order valence-electron chi connectivity index (χ0n) is 19.3. The van der Waals surface area contributed by atoms with Crippen LogP contribution in [-0.4, -0.2) is 34.0 Å². The Morgan fingerprint density at radius 1 is 1.00 bits per heavy atom. The highest BCUT2D eigenvalue weighted by atomic mass is 35.5. The van der Waals surface area contributed by atoms with E-state index in [2.05, 4.69) is 44.6 Å². The van der Waals surface area contributed by atoms with Gasteiger partial charge in [0, 0.05) is 17.1 Å². The molecule has 1 aliphatic rings. The number of piperidine rings is 1. The molecule has 35 heavy (non-hydrogen) atoms. The van der Waals surface area contributed by atoms with Crippen molar-refractivity contribution in [2.45, 2.75) is 25.4 Å². The second-order valence-corrected chi connectivity index (χ2v) is 9.29. The van der Waals surface area contributed by atoms with Gasteiger partial charge in [-0.05, 0) is 54.8 Å². The minimum absolute atomic E-state index is 0.0692. The Morgan fingerprint density at radius 2 is 1.66 bits per heavy atom. The van der Waals surface area contributed by atoms with Crippen LogP contribution < -0.4 is 5.32 Å². The maximum absolute atomic E-state index is 13.4. The number of hydrogen-bond acceptors (Lipinski definition) is 5. The van der Waals surface area contributed by atoms with Crippen LogP contribution in [0.15, 0.2) is 89.5 Å². The number of hydrogen-bond donors (Lipinski definition) is 1. The number of amides is 1. The van der Waals surface area contributed by atoms with Crippen molar-refractivity contribution in [3.05, 3.63) is 107 Å². The molecule has 0 aliphatic carbocycles. The number of halogens is 1. The molecule has 2 heterocycles. The predicted molar refractivity (Wildman–Crippen MR) is 136 cm³/mol. The van der Waals surface area contributed by atoms with Crippen LogP contribution in [0.5, 0.6) is 0 Å². The van der Waals surface area contributed by atoms with Gasteiger partial charge >= 0.3 is 0 Å². The minimum atomic E-state index is -0.182. The smallest absolute Gasteiger partial charge is 0.241 e. The zero-order valence-corrected chi connectivity index (χ0v) is 20.1. The van der Waals surface area contributed by atoms with E-state index in [1.807, 2.05) is 48.5 Å². The molecule has 1 fully saturated rings. The number of aromatic nitrogens is 2. The fraction of sp³-hybridized carbons (Fsp3) is 0.250. The molecule has 178 valence electrons. The quantitative estimate of drug-likeness (QED) is 0.373. The van der Waals surface area contributed by atoms with Gasteiger partial charge in [0.15, 0.2) is 0 Å². The number of benzene rings is 3. The summed E-state index contributed by atoms with van der Waals surface area (Å²) in [5.74, 6) is 1.05. The third-order valence-corrected chi connectivity index (χ3v) is 6.61. The summed E-state index contributed by atoms with van der Waals surface area (Å²) in [6.07, 6.45) is 1.80. The first-order chi connectivity index (χ1) is 17.2. The number of carbonyl (C=O) groups excluding carboxylic acids is 1. The van der Waals surface area contributed by atoms with E-state index in [9.17, 15) is 4.79 Å². The first-order valence-corrected chi connectivity index (χ1v) is 12.2. The first kappa shape index (κ1) is 23.3. The van der Waals surface area contributed by atoms with Crippen LogP contribution in [0.3, 0.4) is 0 Å². The van der Waals surface area contributed by atoms with Gasteiger partial charge in [0.2, 0.25) is 17.6 Å². The molecular weight excluding hydrogens is 460 g/mol. The van der Waals surface area contributed by atoms with Crippen LogP contribution in [0.4, 0.5) is 0 Å². The highest BCUT2D eigenvalue weighted by Gasteiger charge is 2.29. The fourth-order valence-electron chi connectivity index (χ4n) is 4.55. The Bertz CT molecular complexity index is 1210. The van der Waals surface area contributed by atoms with Crippen molar-refractivity contribution >= 4 is 17.5 Å². The number of carbonyl (C=O) groups is 1. The van der Waals surface area contributed by atoms with E-state index in [0.717, 1.165) is 36.1 Å². The van der Waals surface area contributed by atoms with Gasteiger partial charge in [-0.15, -0.1) is 0 Å². The third kappa shape index (κ3) is 5.78. The van der Waals surface area contributed by atoms with E-state index in [0.29, 0.717) is 29.8 Å². The van der Waals surface area contributed by atoms with Gasteiger partial charge in [-0.25, -0.2) is 0 Å². The van der Waals surface area contributed by atoms with Crippen molar-refractivity contribution in [3.8, 4) is 11.4 Å². The molecular formula is C28H27ClN4O2. The summed E-state index contributed by atoms with van der Waals surface area (Å²) >= 11 is 5.97. The Balaban J connectivity index is 1.24. The lowest BCUT2D eigenvalue weighted by Crippen LogP contribution is -2.43. The van der Waals surface area contributed by atoms with Crippen molar-refractivity contribution in [3.63, 3.8) is 0 Å². The van der Waals surface area contributed by atoms with Gasteiger partial charge in [-0.3, -0.25) is 9.69 Å². The average Bonchev–Trinajstić information content (AvgIpc) is 3.37. The molecule has 7 heteroatoms. The normalized spacial score (nSPS) is 16.3. The molecule has 1 unspecified atom stereocenters. The lowest BCUT2D eigenvalue weighted by atomic mass is 9.94. The Labute approximate surface area is 209 Å². The predicted octanol–water partition coefficient (Wildman–Crippen LogP) is 5.51. The molecule has 1 N–H and O–H groups in total. The van der Waals surface area contributed by atoms with Crippen molar-refractivity contribution in [2.75, 3.05) is 13.1 Å². The van der Waals surface area contributed by atoms with Gasteiger partial charge in [0.1, 0.15) is 0 Å². The van der Waals surface area contributed by atoms with E-state index in [4.69, 9.17) is 16.1 Å². The molecule has 6 nitrogen and oxygen atoms in total. The number of nitrogens with zero attached hydrogens (tertiary/aromatic N) is 3. The number of likely N-dealkylation sites (tertiary alicyclic amines) is 1. The molecule has 1 amide bonds. The van der Waals surface area contributed by atoms with Gasteiger partial charge in [-0.2, -0.15) is 4.98 Å². The van der Waals surface area contributed by atoms with E-state index >= 15 is 0 Å². The van der Waals surface area contributed by atoms with E-state index < -0.39 is 0 Å². The molecule has 1 aliphatic heterocycles. The summed E-state index contributed by atoms with van der Waals surface area (Å²) < 4.78 is 5.49. The third-order valence-electron chi connectivity index (χ3n) is 6.36. The van der Waals surface area contributed by atoms with Crippen molar-refractivity contribution < 1.29 is 9.32 Å². The largest absolute Gasteiger partial charge is 0.345 e. The molecule has 0 radical (unpaired) electrons. The molecule has 0 spiro atoms. The van der Waals surface area contributed by atoms with Crippen molar-refractivity contribution in [1.82, 2.24) is 20.4 Å². The van der Waals surface area contributed by atoms with Crippen LogP contribution in [-0.2, 0) is 11.3 Å². The topological polar surface area (TPSA) is 71.3 Å². The lowest BCUT2D eigenvalue weighted by Gasteiger charge is -2.32. The second kappa shape index (κ2) is 10.8. The summed E-state index contributed by atoms with van der Waals surface area (Å²) in [6.45, 7) is 2.06. The minimum Gasteiger partial charge on any atom is -0.345 e. The molecule has 0 bridgehead atoms. The molecule has 4 aromatic rings. The fourth-order valence-corrected chi connectivity index (χ4v) is 4.68. The van der Waals surface area contributed by atoms with Crippen LogP contribution in [0, 0.1) is 5.92 Å². The summed E-state index contributed by atoms with van der Waals surface area (Å²) in [7, 11) is 0. The maximum atomic E-state index is 13.4. The molecule has 1 atom stereocenters. The average molecular weight is 487 g/mol. The Morgan fingerprint density at radius 3 is 2.31 bits per heavy atom. The monoisotopic (exact) mass is 486 g/mol. The Hall–Kier alpha value is -3.48. The van der Waals surface area contributed by atoms with Crippen LogP contribution in [0.2, 0.25) is 5.02 Å². The SMILES string of the molecule is O=C(NC(c1ccccc1)c1ccccc1)C1CCCN(Cc2nc(-c3ccc(Cl)cc3)no2)C1. The highest BCUT2D eigenvalue weighted by Crippen LogP contribution is 2.25. The summed E-state index contributed by atoms with van der Waals surface area (Å²) in [6, 6.07) is 27.4. The zero-order chi connectivity index (χ0) is 24.0. The van der Waals surface area contributed by atoms with Crippen molar-refractivity contribution in [1.29, 1.82) is 0 Å². The summed E-state index contributed by atoms with van der Waals surface area (Å²) in [4.78, 5) is 20.1. The highest BCUT2D eigenvalue weighted by molar-refractivity contribution is 6.30. The number of rotatable bonds is 7. The standard InChI is InChI=1S/C28H27ClN4O2/c29-24-15-13-22(14-16-24)27-30-25(35-32-27)19-33-17-7-12-23(18-33)28(34)31-26(20-8-3-1-4-9-20)21-10-5-2-6-11-21/h1-6,8-11,13-16,23,26H,7,12,17-19H2,(H,31,34). The van der Waals surface area contributed by atoms with Crippen LogP contribution >= 0.6 is 11.6 Å². The molecule has 3 aromatic carbocycles. The Kier molecular flexibility index (Phi) is 7.21. The first-order valence-electron chi connectivity index (χ1n) is 11.9. The van der Waals surface area contributed by atoms with Gasteiger partial charge in [0.25, 0.3) is 0 Å². The molecule has 1 aromatic heterocycles. The van der Waals surface area contributed by atoms with Crippen LogP contribution in [0.25, 0.3) is 11.4 Å². The van der Waals surface area contributed by atoms with E-state index in [-0.39, 0.29) is 17.9 Å². The molecule has 5 rings (SSSR count).